The third-order valence-corrected chi connectivity index (χ3v) is 6.78. The van der Waals surface area contributed by atoms with E-state index in [2.05, 4.69) is 0 Å². The summed E-state index contributed by atoms with van der Waals surface area (Å²) in [6.07, 6.45) is 3.99. The molecule has 0 nitrogen and oxygen atoms in total. The maximum atomic E-state index is 6.45. The molecule has 6 heteroatoms. The fourth-order valence-corrected chi connectivity index (χ4v) is 4.18. The van der Waals surface area contributed by atoms with Crippen molar-refractivity contribution in [1.29, 1.82) is 0 Å². The van der Waals surface area contributed by atoms with E-state index >= 15 is 0 Å². The number of halogens is 6. The molecule has 2 aliphatic carbocycles. The monoisotopic (exact) mass is 404 g/mol. The lowest BCUT2D eigenvalue weighted by Gasteiger charge is -2.14. The van der Waals surface area contributed by atoms with Crippen molar-refractivity contribution in [2.45, 2.75) is 39.0 Å². The van der Waals surface area contributed by atoms with E-state index in [0.717, 1.165) is 36.8 Å². The van der Waals surface area contributed by atoms with Crippen molar-refractivity contribution < 1.29 is 0 Å². The average Bonchev–Trinajstić information content (AvgIpc) is 2.64. The van der Waals surface area contributed by atoms with Gasteiger partial charge < -0.3 is 0 Å². The standard InChI is InChI=1S/C15H14Cl6/c1-7-5-6-9(13(19)15(21)11(7)17)8-3-2-4-10(16)14(20)12(8)18/h7H,2-6H2,1H3. The molecule has 0 amide bonds. The quantitative estimate of drug-likeness (QED) is 0.414. The van der Waals surface area contributed by atoms with Crippen molar-refractivity contribution in [1.82, 2.24) is 0 Å². The van der Waals surface area contributed by atoms with Crippen molar-refractivity contribution >= 4 is 69.6 Å². The molecule has 0 aliphatic heterocycles. The second-order valence-electron chi connectivity index (χ2n) is 5.26. The maximum Gasteiger partial charge on any atom is 0.0742 e. The summed E-state index contributed by atoms with van der Waals surface area (Å²) in [5.41, 5.74) is 1.86. The Kier molecular flexibility index (Phi) is 6.46. The SMILES string of the molecule is CC1CCC(C2=C(Cl)C(Cl)=C(Cl)CCC2)=C(Cl)C(Cl)=C1Cl. The van der Waals surface area contributed by atoms with E-state index in [1.165, 1.54) is 0 Å². The summed E-state index contributed by atoms with van der Waals surface area (Å²) in [5, 5.41) is 2.96. The zero-order valence-corrected chi connectivity index (χ0v) is 15.9. The van der Waals surface area contributed by atoms with E-state index < -0.39 is 0 Å². The number of hydrogen-bond acceptors (Lipinski definition) is 0. The van der Waals surface area contributed by atoms with Gasteiger partial charge in [-0.25, -0.2) is 0 Å². The van der Waals surface area contributed by atoms with E-state index in [1.54, 1.807) is 0 Å². The minimum absolute atomic E-state index is 0.171. The summed E-state index contributed by atoms with van der Waals surface area (Å²) in [7, 11) is 0. The van der Waals surface area contributed by atoms with Crippen LogP contribution in [-0.4, -0.2) is 0 Å². The number of hydrogen-bond donors (Lipinski definition) is 0. The molecule has 21 heavy (non-hydrogen) atoms. The van der Waals surface area contributed by atoms with Crippen LogP contribution in [0.4, 0.5) is 0 Å². The molecular weight excluding hydrogens is 393 g/mol. The van der Waals surface area contributed by atoms with Gasteiger partial charge in [0.2, 0.25) is 0 Å². The molecule has 0 aromatic rings. The Morgan fingerprint density at radius 2 is 1.29 bits per heavy atom. The van der Waals surface area contributed by atoms with Crippen LogP contribution >= 0.6 is 69.6 Å². The van der Waals surface area contributed by atoms with Gasteiger partial charge in [-0.05, 0) is 49.2 Å². The summed E-state index contributed by atoms with van der Waals surface area (Å²) >= 11 is 37.8. The van der Waals surface area contributed by atoms with Gasteiger partial charge in [-0.1, -0.05) is 76.5 Å². The highest BCUT2D eigenvalue weighted by atomic mass is 35.5. The highest BCUT2D eigenvalue weighted by molar-refractivity contribution is 6.49. The third-order valence-electron chi connectivity index (χ3n) is 3.81. The van der Waals surface area contributed by atoms with Crippen molar-refractivity contribution in [2.75, 3.05) is 0 Å². The minimum atomic E-state index is 0.171. The molecule has 0 saturated heterocycles. The molecule has 1 atom stereocenters. The second kappa shape index (κ2) is 7.51. The Hall–Kier alpha value is 0.700. The van der Waals surface area contributed by atoms with E-state index in [1.807, 2.05) is 6.92 Å². The van der Waals surface area contributed by atoms with Crippen LogP contribution in [-0.2, 0) is 0 Å². The van der Waals surface area contributed by atoms with Gasteiger partial charge >= 0.3 is 0 Å². The van der Waals surface area contributed by atoms with Crippen LogP contribution in [0.25, 0.3) is 0 Å². The molecule has 0 N–H and O–H groups in total. The summed E-state index contributed by atoms with van der Waals surface area (Å²) in [4.78, 5) is 0. The van der Waals surface area contributed by atoms with Gasteiger partial charge in [-0.15, -0.1) is 0 Å². The fourth-order valence-electron chi connectivity index (χ4n) is 2.51. The minimum Gasteiger partial charge on any atom is -0.0875 e. The molecule has 0 radical (unpaired) electrons. The lowest BCUT2D eigenvalue weighted by Crippen LogP contribution is -1.97. The van der Waals surface area contributed by atoms with Gasteiger partial charge in [0.25, 0.3) is 0 Å². The largest absolute Gasteiger partial charge is 0.0875 e. The number of rotatable bonds is 1. The molecule has 0 spiro atoms. The second-order valence-corrected chi connectivity index (χ2v) is 7.63. The average molecular weight is 407 g/mol. The molecule has 0 fully saturated rings. The lowest BCUT2D eigenvalue weighted by molar-refractivity contribution is 0.638. The normalized spacial score (nSPS) is 25.6. The molecule has 2 rings (SSSR count). The predicted molar refractivity (Wildman–Crippen MR) is 95.5 cm³/mol. The van der Waals surface area contributed by atoms with Crippen LogP contribution in [0.1, 0.15) is 39.0 Å². The fraction of sp³-hybridized carbons (Fsp3) is 0.467. The third kappa shape index (κ3) is 3.79. The Morgan fingerprint density at radius 1 is 0.714 bits per heavy atom. The molecule has 2 aliphatic rings. The van der Waals surface area contributed by atoms with Crippen LogP contribution in [0.2, 0.25) is 0 Å². The molecule has 0 saturated carbocycles. The van der Waals surface area contributed by atoms with Crippen molar-refractivity contribution in [2.24, 2.45) is 5.92 Å². The summed E-state index contributed by atoms with van der Waals surface area (Å²) in [5.74, 6) is 0.171. The first-order chi connectivity index (χ1) is 9.84. The summed E-state index contributed by atoms with van der Waals surface area (Å²) < 4.78 is 0. The molecule has 1 unspecified atom stereocenters. The zero-order valence-electron chi connectivity index (χ0n) is 11.4. The molecule has 0 aromatic heterocycles. The summed E-state index contributed by atoms with van der Waals surface area (Å²) in [6, 6.07) is 0. The van der Waals surface area contributed by atoms with E-state index in [4.69, 9.17) is 69.6 Å². The first-order valence-electron chi connectivity index (χ1n) is 6.72. The zero-order chi connectivity index (χ0) is 15.7. The highest BCUT2D eigenvalue weighted by Gasteiger charge is 2.26. The van der Waals surface area contributed by atoms with Crippen LogP contribution in [0.5, 0.6) is 0 Å². The van der Waals surface area contributed by atoms with E-state index in [-0.39, 0.29) is 5.92 Å². The molecule has 0 aromatic carbocycles. The van der Waals surface area contributed by atoms with Gasteiger partial charge in [0.05, 0.1) is 20.1 Å². The van der Waals surface area contributed by atoms with Gasteiger partial charge in [0.1, 0.15) is 0 Å². The van der Waals surface area contributed by atoms with Crippen LogP contribution < -0.4 is 0 Å². The smallest absolute Gasteiger partial charge is 0.0742 e. The van der Waals surface area contributed by atoms with Crippen molar-refractivity contribution in [3.05, 3.63) is 41.3 Å². The molecule has 0 heterocycles. The Bertz CT molecular complexity index is 579. The van der Waals surface area contributed by atoms with Crippen LogP contribution in [0.3, 0.4) is 0 Å². The molecular formula is C15H14Cl6. The van der Waals surface area contributed by atoms with Gasteiger partial charge in [0, 0.05) is 10.1 Å². The molecule has 0 bridgehead atoms. The predicted octanol–water partition coefficient (Wildman–Crippen LogP) is 7.96. The lowest BCUT2D eigenvalue weighted by atomic mass is 9.95. The maximum absolute atomic E-state index is 6.45. The van der Waals surface area contributed by atoms with Crippen LogP contribution in [0.15, 0.2) is 41.3 Å². The van der Waals surface area contributed by atoms with E-state index in [0.29, 0.717) is 36.6 Å². The van der Waals surface area contributed by atoms with E-state index in [9.17, 15) is 0 Å². The van der Waals surface area contributed by atoms with Gasteiger partial charge in [-0.3, -0.25) is 0 Å². The van der Waals surface area contributed by atoms with Crippen molar-refractivity contribution in [3.8, 4) is 0 Å². The highest BCUT2D eigenvalue weighted by Crippen LogP contribution is 2.45. The first-order valence-corrected chi connectivity index (χ1v) is 8.99. The van der Waals surface area contributed by atoms with Crippen molar-refractivity contribution in [3.63, 3.8) is 0 Å². The number of allylic oxidation sites excluding steroid dienone is 8. The Labute approximate surface area is 155 Å². The summed E-state index contributed by atoms with van der Waals surface area (Å²) in [6.45, 7) is 2.03. The van der Waals surface area contributed by atoms with Crippen LogP contribution in [0, 0.1) is 5.92 Å². The first kappa shape index (κ1) is 18.0. The Morgan fingerprint density at radius 3 is 1.95 bits per heavy atom. The van der Waals surface area contributed by atoms with Gasteiger partial charge in [0.15, 0.2) is 0 Å². The molecule has 116 valence electrons. The van der Waals surface area contributed by atoms with Gasteiger partial charge in [-0.2, -0.15) is 0 Å². The Balaban J connectivity index is 2.55. The topological polar surface area (TPSA) is 0 Å².